The van der Waals surface area contributed by atoms with E-state index in [2.05, 4.69) is 24.3 Å². The minimum Gasteiger partial charge on any atom is -1.00 e. The van der Waals surface area contributed by atoms with Crippen molar-refractivity contribution in [1.29, 1.82) is 0 Å². The molecular weight excluding hydrogens is 403 g/mol. The Morgan fingerprint density at radius 1 is 0.700 bits per heavy atom. The van der Waals surface area contributed by atoms with E-state index in [1.54, 1.807) is 0 Å². The highest BCUT2D eigenvalue weighted by Crippen LogP contribution is 2.29. The number of aryl methyl sites for hydroxylation is 4. The third kappa shape index (κ3) is 5.61. The first-order valence-corrected chi connectivity index (χ1v) is 8.08. The van der Waals surface area contributed by atoms with Gasteiger partial charge in [-0.15, -0.1) is 23.5 Å². The van der Waals surface area contributed by atoms with Crippen LogP contribution in [0.25, 0.3) is 0 Å². The second kappa shape index (κ2) is 8.24. The monoisotopic (exact) mass is 421 g/mol. The molecule has 5 heteroatoms. The summed E-state index contributed by atoms with van der Waals surface area (Å²) < 4.78 is 11.0. The second-order valence-corrected chi connectivity index (χ2v) is 6.90. The lowest BCUT2D eigenvalue weighted by Gasteiger charge is -2.00. The molecule has 2 aromatic heterocycles. The van der Waals surface area contributed by atoms with E-state index in [4.69, 9.17) is 8.83 Å². The Morgan fingerprint density at radius 3 is 1.30 bits per heavy atom. The summed E-state index contributed by atoms with van der Waals surface area (Å²) in [7, 11) is 0. The molecule has 0 bridgehead atoms. The zero-order valence-corrected chi connectivity index (χ0v) is 15.8. The quantitative estimate of drug-likeness (QED) is 0.328. The average Bonchev–Trinajstić information content (AvgIpc) is 2.26. The standard InChI is InChI=1S/C15H18O2S2.HI/c1-10-5-14(6-11(2)16-10)18-9-19-15-7-12(3)17-13(4)8-15;/h5-8H,9H2,1-4H3;1H/q+2;/p-1. The maximum atomic E-state index is 5.48. The van der Waals surface area contributed by atoms with Gasteiger partial charge < -0.3 is 24.0 Å². The maximum Gasteiger partial charge on any atom is 0.327 e. The van der Waals surface area contributed by atoms with Crippen molar-refractivity contribution >= 4 is 23.5 Å². The summed E-state index contributed by atoms with van der Waals surface area (Å²) in [5.41, 5.74) is 0. The summed E-state index contributed by atoms with van der Waals surface area (Å²) in [5, 5.41) is 0.978. The molecule has 0 amide bonds. The van der Waals surface area contributed by atoms with E-state index < -0.39 is 0 Å². The van der Waals surface area contributed by atoms with Crippen LogP contribution in [0.15, 0.2) is 42.9 Å². The molecule has 0 atom stereocenters. The number of rotatable bonds is 4. The van der Waals surface area contributed by atoms with Gasteiger partial charge in [-0.3, -0.25) is 0 Å². The van der Waals surface area contributed by atoms with E-state index in [9.17, 15) is 0 Å². The van der Waals surface area contributed by atoms with Crippen LogP contribution in [-0.4, -0.2) is 5.08 Å². The van der Waals surface area contributed by atoms with Crippen LogP contribution in [0.2, 0.25) is 0 Å². The van der Waals surface area contributed by atoms with Crippen molar-refractivity contribution in [2.45, 2.75) is 37.5 Å². The van der Waals surface area contributed by atoms with Crippen molar-refractivity contribution in [2.24, 2.45) is 0 Å². The summed E-state index contributed by atoms with van der Waals surface area (Å²) in [6.45, 7) is 7.93. The number of hydrogen-bond donors (Lipinski definition) is 0. The van der Waals surface area contributed by atoms with Gasteiger partial charge in [0.25, 0.3) is 0 Å². The first-order chi connectivity index (χ1) is 9.02. The van der Waals surface area contributed by atoms with Crippen molar-refractivity contribution in [2.75, 3.05) is 5.08 Å². The van der Waals surface area contributed by atoms with Crippen LogP contribution in [0.4, 0.5) is 0 Å². The molecular formula is C15H18IO2S2+. The summed E-state index contributed by atoms with van der Waals surface area (Å²) in [5.74, 6) is 3.82. The molecule has 108 valence electrons. The van der Waals surface area contributed by atoms with Crippen molar-refractivity contribution in [3.63, 3.8) is 0 Å². The summed E-state index contributed by atoms with van der Waals surface area (Å²) in [4.78, 5) is 2.51. The van der Waals surface area contributed by atoms with E-state index in [0.29, 0.717) is 0 Å². The lowest BCUT2D eigenvalue weighted by Crippen LogP contribution is -3.00. The molecule has 20 heavy (non-hydrogen) atoms. The number of thioether (sulfide) groups is 2. The number of halogens is 1. The van der Waals surface area contributed by atoms with E-state index in [1.165, 1.54) is 9.79 Å². The Balaban J connectivity index is 0.00000200. The highest BCUT2D eigenvalue weighted by Gasteiger charge is 2.10. The highest BCUT2D eigenvalue weighted by molar-refractivity contribution is 8.16. The van der Waals surface area contributed by atoms with Gasteiger partial charge in [0.1, 0.15) is 0 Å². The molecule has 0 aliphatic heterocycles. The smallest absolute Gasteiger partial charge is 0.327 e. The Kier molecular flexibility index (Phi) is 7.33. The maximum absolute atomic E-state index is 5.48. The van der Waals surface area contributed by atoms with E-state index >= 15 is 0 Å². The van der Waals surface area contributed by atoms with Crippen molar-refractivity contribution in [3.8, 4) is 0 Å². The largest absolute Gasteiger partial charge is 1.00 e. The molecule has 0 fully saturated rings. The van der Waals surface area contributed by atoms with Crippen LogP contribution >= 0.6 is 23.5 Å². The minimum atomic E-state index is 0. The summed E-state index contributed by atoms with van der Waals surface area (Å²) in [6.07, 6.45) is 0. The van der Waals surface area contributed by atoms with Crippen LogP contribution in [0.3, 0.4) is 0 Å². The Labute approximate surface area is 145 Å². The Hall–Kier alpha value is -0.270. The molecule has 0 unspecified atom stereocenters. The van der Waals surface area contributed by atoms with Gasteiger partial charge in [0.2, 0.25) is 0 Å². The minimum absolute atomic E-state index is 0. The van der Waals surface area contributed by atoms with Crippen LogP contribution in [0, 0.1) is 27.7 Å². The van der Waals surface area contributed by atoms with Crippen molar-refractivity contribution < 1.29 is 32.8 Å². The molecule has 0 N–H and O–H groups in total. The fourth-order valence-electron chi connectivity index (χ4n) is 1.84. The number of hydrogen-bond acceptors (Lipinski definition) is 2. The Morgan fingerprint density at radius 2 is 1.00 bits per heavy atom. The molecule has 0 aliphatic rings. The summed E-state index contributed by atoms with van der Waals surface area (Å²) in [6, 6.07) is 8.31. The van der Waals surface area contributed by atoms with Crippen molar-refractivity contribution in [1.82, 2.24) is 0 Å². The molecule has 2 heterocycles. The van der Waals surface area contributed by atoms with Gasteiger partial charge in [0.05, 0.1) is 52.0 Å². The normalized spacial score (nSPS) is 10.2. The summed E-state index contributed by atoms with van der Waals surface area (Å²) >= 11 is 3.66. The van der Waals surface area contributed by atoms with Crippen LogP contribution < -0.4 is 24.0 Å². The zero-order valence-electron chi connectivity index (χ0n) is 12.0. The Bertz CT molecular complexity index is 496. The van der Waals surface area contributed by atoms with Gasteiger partial charge in [-0.25, -0.2) is 8.83 Å². The lowest BCUT2D eigenvalue weighted by atomic mass is 10.4. The van der Waals surface area contributed by atoms with Crippen molar-refractivity contribution in [3.05, 3.63) is 47.3 Å². The highest BCUT2D eigenvalue weighted by atomic mass is 127. The van der Waals surface area contributed by atoms with Gasteiger partial charge >= 0.3 is 23.0 Å². The zero-order chi connectivity index (χ0) is 13.8. The van der Waals surface area contributed by atoms with Crippen LogP contribution in [-0.2, 0) is 0 Å². The molecule has 0 saturated heterocycles. The van der Waals surface area contributed by atoms with Crippen LogP contribution in [0.1, 0.15) is 23.0 Å². The second-order valence-electron chi connectivity index (χ2n) is 4.44. The molecule has 2 rings (SSSR count). The van der Waals surface area contributed by atoms with Gasteiger partial charge in [-0.05, 0) is 0 Å². The van der Waals surface area contributed by atoms with Gasteiger partial charge in [0.15, 0.2) is 0 Å². The molecule has 0 radical (unpaired) electrons. The lowest BCUT2D eigenvalue weighted by molar-refractivity contribution is -0.00000562. The fraction of sp³-hybridized carbons (Fsp3) is 0.333. The fourth-order valence-corrected chi connectivity index (χ4v) is 4.16. The predicted octanol–water partition coefficient (Wildman–Crippen LogP) is 2.51. The molecule has 0 saturated carbocycles. The van der Waals surface area contributed by atoms with Gasteiger partial charge in [0, 0.05) is 14.9 Å². The first-order valence-electron chi connectivity index (χ1n) is 6.11. The molecule has 0 aromatic carbocycles. The average molecular weight is 421 g/mol. The topological polar surface area (TPSA) is 22.6 Å². The van der Waals surface area contributed by atoms with Gasteiger partial charge in [-0.2, -0.15) is 0 Å². The third-order valence-corrected chi connectivity index (χ3v) is 4.56. The molecule has 2 nitrogen and oxygen atoms in total. The van der Waals surface area contributed by atoms with E-state index in [0.717, 1.165) is 28.1 Å². The predicted molar refractivity (Wildman–Crippen MR) is 81.8 cm³/mol. The third-order valence-electron chi connectivity index (χ3n) is 2.48. The van der Waals surface area contributed by atoms with Gasteiger partial charge in [-0.1, -0.05) is 0 Å². The molecule has 2 aromatic rings. The molecule has 0 aliphatic carbocycles. The molecule has 0 spiro atoms. The SMILES string of the molecule is Cc1cc(SCSc2cc(C)[o+]c(C)c2)cc(C)[o+]1.[I-]. The van der Waals surface area contributed by atoms with E-state index in [-0.39, 0.29) is 24.0 Å². The van der Waals surface area contributed by atoms with E-state index in [1.807, 2.05) is 51.2 Å². The van der Waals surface area contributed by atoms with Crippen LogP contribution in [0.5, 0.6) is 0 Å². The first kappa shape index (κ1) is 17.8.